The third kappa shape index (κ3) is 3.40. The minimum Gasteiger partial charge on any atom is -0.353 e. The molecule has 0 radical (unpaired) electrons. The molecular weight excluding hydrogens is 230 g/mol. The Balaban J connectivity index is 1.92. The fraction of sp³-hybridized carbons (Fsp3) is 0.583. The smallest absolute Gasteiger partial charge is 0.239 e. The zero-order valence-electron chi connectivity index (χ0n) is 10.6. The summed E-state index contributed by atoms with van der Waals surface area (Å²) in [6.45, 7) is 5.67. The Labute approximate surface area is 107 Å². The van der Waals surface area contributed by atoms with E-state index in [2.05, 4.69) is 27.5 Å². The van der Waals surface area contributed by atoms with Crippen molar-refractivity contribution in [2.45, 2.75) is 19.9 Å². The van der Waals surface area contributed by atoms with Gasteiger partial charge in [0, 0.05) is 37.6 Å². The van der Waals surface area contributed by atoms with Crippen molar-refractivity contribution in [1.82, 2.24) is 20.6 Å². The topological polar surface area (TPSA) is 70.2 Å². The summed E-state index contributed by atoms with van der Waals surface area (Å²) in [6.07, 6.45) is 4.75. The van der Waals surface area contributed by atoms with E-state index in [0.717, 1.165) is 31.6 Å². The van der Waals surface area contributed by atoms with Gasteiger partial charge < -0.3 is 15.5 Å². The Morgan fingerprint density at radius 1 is 1.44 bits per heavy atom. The summed E-state index contributed by atoms with van der Waals surface area (Å²) < 4.78 is 0. The molecule has 0 unspecified atom stereocenters. The zero-order valence-corrected chi connectivity index (χ0v) is 10.6. The van der Waals surface area contributed by atoms with Crippen LogP contribution in [0.5, 0.6) is 0 Å². The van der Waals surface area contributed by atoms with E-state index in [1.54, 1.807) is 0 Å². The second kappa shape index (κ2) is 6.30. The van der Waals surface area contributed by atoms with Crippen molar-refractivity contribution in [3.05, 3.63) is 18.0 Å². The van der Waals surface area contributed by atoms with Crippen LogP contribution >= 0.6 is 0 Å². The normalized spacial score (nSPS) is 15.6. The number of anilines is 1. The Bertz CT molecular complexity index is 392. The minimum atomic E-state index is 0.0264. The molecule has 1 fully saturated rings. The highest BCUT2D eigenvalue weighted by atomic mass is 16.2. The standard InChI is InChI=1S/C12H19N5O/c1-2-3-13-6-10-7-15-12(16-8-10)17-5-4-14-11(18)9-17/h7-8,13H,2-6,9H2,1H3,(H,14,18). The number of aromatic nitrogens is 2. The van der Waals surface area contributed by atoms with Crippen molar-refractivity contribution < 1.29 is 4.79 Å². The maximum absolute atomic E-state index is 11.3. The van der Waals surface area contributed by atoms with E-state index in [1.165, 1.54) is 0 Å². The molecule has 0 saturated carbocycles. The largest absolute Gasteiger partial charge is 0.353 e. The Morgan fingerprint density at radius 2 is 2.22 bits per heavy atom. The third-order valence-corrected chi connectivity index (χ3v) is 2.77. The summed E-state index contributed by atoms with van der Waals surface area (Å²) in [5, 5.41) is 6.08. The van der Waals surface area contributed by atoms with E-state index in [9.17, 15) is 4.79 Å². The molecule has 6 nitrogen and oxygen atoms in total. The molecule has 2 rings (SSSR count). The van der Waals surface area contributed by atoms with Crippen molar-refractivity contribution in [2.24, 2.45) is 0 Å². The quantitative estimate of drug-likeness (QED) is 0.714. The van der Waals surface area contributed by atoms with E-state index in [-0.39, 0.29) is 5.91 Å². The van der Waals surface area contributed by atoms with E-state index >= 15 is 0 Å². The highest BCUT2D eigenvalue weighted by molar-refractivity contribution is 5.81. The first-order valence-electron chi connectivity index (χ1n) is 6.33. The summed E-state index contributed by atoms with van der Waals surface area (Å²) >= 11 is 0. The average Bonchev–Trinajstić information content (AvgIpc) is 2.40. The van der Waals surface area contributed by atoms with E-state index in [4.69, 9.17) is 0 Å². The predicted octanol–water partition coefficient (Wildman–Crippen LogP) is -0.0876. The van der Waals surface area contributed by atoms with Gasteiger partial charge in [-0.25, -0.2) is 9.97 Å². The van der Waals surface area contributed by atoms with Gasteiger partial charge in [-0.2, -0.15) is 0 Å². The van der Waals surface area contributed by atoms with Crippen LogP contribution in [0.2, 0.25) is 0 Å². The first-order chi connectivity index (χ1) is 8.79. The van der Waals surface area contributed by atoms with E-state index < -0.39 is 0 Å². The van der Waals surface area contributed by atoms with Crippen LogP contribution in [0.3, 0.4) is 0 Å². The molecule has 2 heterocycles. The minimum absolute atomic E-state index is 0.0264. The molecule has 6 heteroatoms. The monoisotopic (exact) mass is 249 g/mol. The highest BCUT2D eigenvalue weighted by Gasteiger charge is 2.18. The van der Waals surface area contributed by atoms with Gasteiger partial charge in [0.2, 0.25) is 11.9 Å². The average molecular weight is 249 g/mol. The fourth-order valence-corrected chi connectivity index (χ4v) is 1.82. The fourth-order valence-electron chi connectivity index (χ4n) is 1.82. The van der Waals surface area contributed by atoms with Crippen molar-refractivity contribution in [2.75, 3.05) is 31.1 Å². The second-order valence-electron chi connectivity index (χ2n) is 4.34. The number of piperazine rings is 1. The molecule has 98 valence electrons. The lowest BCUT2D eigenvalue weighted by atomic mass is 10.3. The molecule has 0 spiro atoms. The summed E-state index contributed by atoms with van der Waals surface area (Å²) in [6, 6.07) is 0. The lowest BCUT2D eigenvalue weighted by Crippen LogP contribution is -2.48. The first-order valence-corrected chi connectivity index (χ1v) is 6.33. The van der Waals surface area contributed by atoms with Gasteiger partial charge in [-0.05, 0) is 13.0 Å². The number of nitrogens with one attached hydrogen (secondary N) is 2. The van der Waals surface area contributed by atoms with Crippen LogP contribution in [0.25, 0.3) is 0 Å². The van der Waals surface area contributed by atoms with Crippen LogP contribution in [-0.2, 0) is 11.3 Å². The highest BCUT2D eigenvalue weighted by Crippen LogP contribution is 2.08. The van der Waals surface area contributed by atoms with Crippen LogP contribution in [0.15, 0.2) is 12.4 Å². The number of hydrogen-bond acceptors (Lipinski definition) is 5. The molecule has 0 atom stereocenters. The summed E-state index contributed by atoms with van der Waals surface area (Å²) in [5.41, 5.74) is 1.06. The van der Waals surface area contributed by atoms with Gasteiger partial charge >= 0.3 is 0 Å². The lowest BCUT2D eigenvalue weighted by Gasteiger charge is -2.26. The molecule has 1 aromatic heterocycles. The molecule has 0 aliphatic carbocycles. The number of carbonyl (C=O) groups excluding carboxylic acids is 1. The molecule has 1 aliphatic heterocycles. The van der Waals surface area contributed by atoms with Gasteiger partial charge in [0.1, 0.15) is 0 Å². The van der Waals surface area contributed by atoms with Gasteiger partial charge in [0.05, 0.1) is 6.54 Å². The molecule has 1 saturated heterocycles. The molecule has 2 N–H and O–H groups in total. The van der Waals surface area contributed by atoms with Crippen LogP contribution in [0.1, 0.15) is 18.9 Å². The Hall–Kier alpha value is -1.69. The Morgan fingerprint density at radius 3 is 2.89 bits per heavy atom. The second-order valence-corrected chi connectivity index (χ2v) is 4.34. The number of rotatable bonds is 5. The van der Waals surface area contributed by atoms with E-state index in [1.807, 2.05) is 17.3 Å². The third-order valence-electron chi connectivity index (χ3n) is 2.77. The zero-order chi connectivity index (χ0) is 12.8. The van der Waals surface area contributed by atoms with Gasteiger partial charge in [-0.3, -0.25) is 4.79 Å². The maximum atomic E-state index is 11.3. The number of nitrogens with zero attached hydrogens (tertiary/aromatic N) is 3. The van der Waals surface area contributed by atoms with Crippen molar-refractivity contribution >= 4 is 11.9 Å². The molecule has 0 aromatic carbocycles. The Kier molecular flexibility index (Phi) is 4.46. The van der Waals surface area contributed by atoms with Gasteiger partial charge in [0.25, 0.3) is 0 Å². The summed E-state index contributed by atoms with van der Waals surface area (Å²) in [4.78, 5) is 21.8. The lowest BCUT2D eigenvalue weighted by molar-refractivity contribution is -0.120. The maximum Gasteiger partial charge on any atom is 0.239 e. The number of carbonyl (C=O) groups is 1. The van der Waals surface area contributed by atoms with Crippen molar-refractivity contribution in [3.8, 4) is 0 Å². The van der Waals surface area contributed by atoms with Crippen LogP contribution in [0, 0.1) is 0 Å². The molecule has 0 bridgehead atoms. The summed E-state index contributed by atoms with van der Waals surface area (Å²) in [5.74, 6) is 0.655. The first kappa shape index (κ1) is 12.8. The molecule has 18 heavy (non-hydrogen) atoms. The number of hydrogen-bond donors (Lipinski definition) is 2. The number of amides is 1. The molecule has 1 amide bonds. The molecular formula is C12H19N5O. The van der Waals surface area contributed by atoms with Gasteiger partial charge in [-0.15, -0.1) is 0 Å². The SMILES string of the molecule is CCCNCc1cnc(N2CCNC(=O)C2)nc1. The summed E-state index contributed by atoms with van der Waals surface area (Å²) in [7, 11) is 0. The molecule has 1 aromatic rings. The van der Waals surface area contributed by atoms with Crippen LogP contribution in [-0.4, -0.2) is 42.1 Å². The predicted molar refractivity (Wildman–Crippen MR) is 69.3 cm³/mol. The van der Waals surface area contributed by atoms with Crippen molar-refractivity contribution in [3.63, 3.8) is 0 Å². The molecule has 1 aliphatic rings. The van der Waals surface area contributed by atoms with Gasteiger partial charge in [-0.1, -0.05) is 6.92 Å². The van der Waals surface area contributed by atoms with Crippen LogP contribution in [0.4, 0.5) is 5.95 Å². The van der Waals surface area contributed by atoms with Crippen LogP contribution < -0.4 is 15.5 Å². The van der Waals surface area contributed by atoms with Crippen molar-refractivity contribution in [1.29, 1.82) is 0 Å². The van der Waals surface area contributed by atoms with Gasteiger partial charge in [0.15, 0.2) is 0 Å². The van der Waals surface area contributed by atoms with E-state index in [0.29, 0.717) is 19.0 Å².